The average Bonchev–Trinajstić information content (AvgIpc) is 2.38. The van der Waals surface area contributed by atoms with Crippen LogP contribution in [-0.2, 0) is 6.54 Å². The maximum atomic E-state index is 6.69. The van der Waals surface area contributed by atoms with Crippen molar-refractivity contribution in [2.45, 2.75) is 32.7 Å². The van der Waals surface area contributed by atoms with Crippen LogP contribution in [0.2, 0.25) is 0 Å². The molecule has 0 radical (unpaired) electrons. The highest BCUT2D eigenvalue weighted by molar-refractivity contribution is 6.21. The molecule has 0 aliphatic heterocycles. The molecule has 0 saturated carbocycles. The number of benzene rings is 2. The van der Waals surface area contributed by atoms with Gasteiger partial charge in [0.25, 0.3) is 0 Å². The minimum Gasteiger partial charge on any atom is -0.300 e. The fraction of sp³-hybridized carbons (Fsp3) is 0.368. The number of alkyl halides is 1. The normalized spacial score (nSPS) is 12.7. The average molecular weight is 302 g/mol. The Labute approximate surface area is 133 Å². The molecule has 1 unspecified atom stereocenters. The first-order chi connectivity index (χ1) is 9.97. The van der Waals surface area contributed by atoms with Gasteiger partial charge in [-0.25, -0.2) is 0 Å². The van der Waals surface area contributed by atoms with Crippen molar-refractivity contribution < 1.29 is 0 Å². The molecule has 0 spiro atoms. The van der Waals surface area contributed by atoms with Crippen molar-refractivity contribution in [3.63, 3.8) is 0 Å². The van der Waals surface area contributed by atoms with E-state index in [1.54, 1.807) is 0 Å². The van der Waals surface area contributed by atoms with Crippen molar-refractivity contribution >= 4 is 11.6 Å². The van der Waals surface area contributed by atoms with Crippen LogP contribution in [-0.4, -0.2) is 18.5 Å². The van der Waals surface area contributed by atoms with Crippen LogP contribution in [0, 0.1) is 20.8 Å². The highest BCUT2D eigenvalue weighted by Gasteiger charge is 2.16. The second kappa shape index (κ2) is 7.11. The molecule has 0 aromatic heterocycles. The van der Waals surface area contributed by atoms with Gasteiger partial charge in [-0.05, 0) is 50.1 Å². The van der Waals surface area contributed by atoms with Crippen molar-refractivity contribution in [2.24, 2.45) is 0 Å². The molecular formula is C19H24ClN. The van der Waals surface area contributed by atoms with Crippen molar-refractivity contribution in [3.8, 4) is 0 Å². The summed E-state index contributed by atoms with van der Waals surface area (Å²) in [5, 5.41) is 0.0271. The predicted octanol–water partition coefficient (Wildman–Crippen LogP) is 5.02. The van der Waals surface area contributed by atoms with Gasteiger partial charge in [0.05, 0.1) is 5.38 Å². The minimum absolute atomic E-state index is 0.0271. The third-order valence-electron chi connectivity index (χ3n) is 3.82. The smallest absolute Gasteiger partial charge is 0.0717 e. The molecule has 0 aliphatic rings. The molecule has 0 bridgehead atoms. The summed E-state index contributed by atoms with van der Waals surface area (Å²) in [5.74, 6) is 0. The standard InChI is InChI=1S/C19H24ClN/c1-14-10-15(2)19(16(3)11-14)18(20)13-21(4)12-17-8-6-5-7-9-17/h5-11,18H,12-13H2,1-4H3. The molecule has 112 valence electrons. The zero-order valence-electron chi connectivity index (χ0n) is 13.4. The van der Waals surface area contributed by atoms with Gasteiger partial charge >= 0.3 is 0 Å². The van der Waals surface area contributed by atoms with E-state index in [1.165, 1.54) is 27.8 Å². The quantitative estimate of drug-likeness (QED) is 0.701. The summed E-state index contributed by atoms with van der Waals surface area (Å²) in [6, 6.07) is 15.0. The number of nitrogens with zero attached hydrogens (tertiary/aromatic N) is 1. The van der Waals surface area contributed by atoms with Crippen LogP contribution in [0.25, 0.3) is 0 Å². The Kier molecular flexibility index (Phi) is 5.44. The third-order valence-corrected chi connectivity index (χ3v) is 4.17. The van der Waals surface area contributed by atoms with E-state index in [-0.39, 0.29) is 5.38 Å². The van der Waals surface area contributed by atoms with Crippen LogP contribution in [0.15, 0.2) is 42.5 Å². The summed E-state index contributed by atoms with van der Waals surface area (Å²) in [5.41, 5.74) is 6.49. The lowest BCUT2D eigenvalue weighted by atomic mass is 9.97. The minimum atomic E-state index is 0.0271. The molecule has 0 heterocycles. The Bertz CT molecular complexity index is 569. The number of hydrogen-bond acceptors (Lipinski definition) is 1. The molecular weight excluding hydrogens is 278 g/mol. The van der Waals surface area contributed by atoms with Crippen LogP contribution < -0.4 is 0 Å². The number of hydrogen-bond donors (Lipinski definition) is 0. The van der Waals surface area contributed by atoms with E-state index >= 15 is 0 Å². The summed E-state index contributed by atoms with van der Waals surface area (Å²) in [4.78, 5) is 2.28. The summed E-state index contributed by atoms with van der Waals surface area (Å²) < 4.78 is 0. The summed E-state index contributed by atoms with van der Waals surface area (Å²) in [6.07, 6.45) is 0. The monoisotopic (exact) mass is 301 g/mol. The molecule has 0 amide bonds. The second-order valence-electron chi connectivity index (χ2n) is 5.96. The summed E-state index contributed by atoms with van der Waals surface area (Å²) >= 11 is 6.69. The van der Waals surface area contributed by atoms with Gasteiger partial charge in [-0.2, -0.15) is 0 Å². The first kappa shape index (κ1) is 16.1. The highest BCUT2D eigenvalue weighted by atomic mass is 35.5. The lowest BCUT2D eigenvalue weighted by molar-refractivity contribution is 0.326. The Morgan fingerprint density at radius 3 is 2.14 bits per heavy atom. The third kappa shape index (κ3) is 4.33. The van der Waals surface area contributed by atoms with Crippen molar-refractivity contribution in [1.82, 2.24) is 4.90 Å². The first-order valence-corrected chi connectivity index (χ1v) is 7.85. The van der Waals surface area contributed by atoms with Crippen LogP contribution in [0.1, 0.15) is 33.2 Å². The molecule has 2 heteroatoms. The maximum Gasteiger partial charge on any atom is 0.0717 e. The first-order valence-electron chi connectivity index (χ1n) is 7.41. The lowest BCUT2D eigenvalue weighted by Gasteiger charge is -2.23. The van der Waals surface area contributed by atoms with Crippen LogP contribution >= 0.6 is 11.6 Å². The SMILES string of the molecule is Cc1cc(C)c(C(Cl)CN(C)Cc2ccccc2)c(C)c1. The fourth-order valence-corrected chi connectivity index (χ4v) is 3.59. The van der Waals surface area contributed by atoms with Gasteiger partial charge in [0.15, 0.2) is 0 Å². The van der Waals surface area contributed by atoms with Gasteiger partial charge in [-0.15, -0.1) is 11.6 Å². The molecule has 1 nitrogen and oxygen atoms in total. The van der Waals surface area contributed by atoms with Gasteiger partial charge in [0.2, 0.25) is 0 Å². The topological polar surface area (TPSA) is 3.24 Å². The number of aryl methyl sites for hydroxylation is 3. The number of halogens is 1. The van der Waals surface area contributed by atoms with E-state index in [0.717, 1.165) is 13.1 Å². The number of rotatable bonds is 5. The molecule has 0 N–H and O–H groups in total. The highest BCUT2D eigenvalue weighted by Crippen LogP contribution is 2.29. The van der Waals surface area contributed by atoms with Crippen molar-refractivity contribution in [2.75, 3.05) is 13.6 Å². The van der Waals surface area contributed by atoms with Gasteiger partial charge in [0, 0.05) is 13.1 Å². The molecule has 2 aromatic carbocycles. The zero-order chi connectivity index (χ0) is 15.4. The molecule has 2 aromatic rings. The van der Waals surface area contributed by atoms with E-state index in [2.05, 4.69) is 69.1 Å². The number of likely N-dealkylation sites (N-methyl/N-ethyl adjacent to an activating group) is 1. The molecule has 0 saturated heterocycles. The Balaban J connectivity index is 2.06. The summed E-state index contributed by atoms with van der Waals surface area (Å²) in [7, 11) is 2.13. The van der Waals surface area contributed by atoms with Crippen LogP contribution in [0.3, 0.4) is 0 Å². The van der Waals surface area contributed by atoms with E-state index in [1.807, 2.05) is 6.07 Å². The maximum absolute atomic E-state index is 6.69. The van der Waals surface area contributed by atoms with E-state index in [4.69, 9.17) is 11.6 Å². The molecule has 0 fully saturated rings. The molecule has 2 rings (SSSR count). The Morgan fingerprint density at radius 2 is 1.57 bits per heavy atom. The summed E-state index contributed by atoms with van der Waals surface area (Å²) in [6.45, 7) is 8.22. The van der Waals surface area contributed by atoms with E-state index in [9.17, 15) is 0 Å². The molecule has 1 atom stereocenters. The largest absolute Gasteiger partial charge is 0.300 e. The van der Waals surface area contributed by atoms with Crippen LogP contribution in [0.4, 0.5) is 0 Å². The zero-order valence-corrected chi connectivity index (χ0v) is 14.1. The van der Waals surface area contributed by atoms with Gasteiger partial charge in [-0.1, -0.05) is 48.0 Å². The molecule has 21 heavy (non-hydrogen) atoms. The van der Waals surface area contributed by atoms with E-state index in [0.29, 0.717) is 0 Å². The van der Waals surface area contributed by atoms with Gasteiger partial charge in [0.1, 0.15) is 0 Å². The van der Waals surface area contributed by atoms with Gasteiger partial charge < -0.3 is 4.90 Å². The predicted molar refractivity (Wildman–Crippen MR) is 92.0 cm³/mol. The van der Waals surface area contributed by atoms with E-state index < -0.39 is 0 Å². The van der Waals surface area contributed by atoms with Crippen LogP contribution in [0.5, 0.6) is 0 Å². The lowest BCUT2D eigenvalue weighted by Crippen LogP contribution is -2.23. The van der Waals surface area contributed by atoms with Gasteiger partial charge in [-0.3, -0.25) is 0 Å². The van der Waals surface area contributed by atoms with Crippen molar-refractivity contribution in [1.29, 1.82) is 0 Å². The Hall–Kier alpha value is -1.31. The second-order valence-corrected chi connectivity index (χ2v) is 6.49. The Morgan fingerprint density at radius 1 is 1.00 bits per heavy atom. The molecule has 0 aliphatic carbocycles. The fourth-order valence-electron chi connectivity index (χ4n) is 3.01. The van der Waals surface area contributed by atoms with Crippen molar-refractivity contribution in [3.05, 3.63) is 70.3 Å².